The molecule has 0 aliphatic carbocycles. The van der Waals surface area contributed by atoms with Crippen molar-refractivity contribution in [2.75, 3.05) is 6.61 Å². The summed E-state index contributed by atoms with van der Waals surface area (Å²) in [5, 5.41) is 0. The summed E-state index contributed by atoms with van der Waals surface area (Å²) < 4.78 is 11.7. The Morgan fingerprint density at radius 1 is 1.18 bits per heavy atom. The van der Waals surface area contributed by atoms with Crippen LogP contribution in [0.2, 0.25) is 0 Å². The Bertz CT molecular complexity index is 421. The number of hydrogen-bond donors (Lipinski definition) is 1. The summed E-state index contributed by atoms with van der Waals surface area (Å²) in [6.07, 6.45) is 0.807. The third-order valence-corrected chi connectivity index (χ3v) is 3.30. The minimum atomic E-state index is -0.357. The number of rotatable bonds is 1. The number of nitrogens with two attached hydrogens (primary N) is 1. The lowest BCUT2D eigenvalue weighted by molar-refractivity contribution is 0.121. The first kappa shape index (κ1) is 12.2. The third kappa shape index (κ3) is 2.55. The monoisotopic (exact) mass is 235 g/mol. The molecule has 1 unspecified atom stereocenters. The number of aryl methyl sites for hydroxylation is 2. The Morgan fingerprint density at radius 2 is 1.76 bits per heavy atom. The molecule has 0 aromatic heterocycles. The molecule has 94 valence electrons. The average molecular weight is 235 g/mol. The van der Waals surface area contributed by atoms with E-state index in [2.05, 4.69) is 13.8 Å². The fourth-order valence-corrected chi connectivity index (χ4v) is 1.98. The highest BCUT2D eigenvalue weighted by atomic mass is 16.5. The van der Waals surface area contributed by atoms with Gasteiger partial charge in [-0.1, -0.05) is 0 Å². The smallest absolute Gasteiger partial charge is 0.161 e. The lowest BCUT2D eigenvalue weighted by Crippen LogP contribution is -2.48. The lowest BCUT2D eigenvalue weighted by Gasteiger charge is -2.29. The van der Waals surface area contributed by atoms with Crippen LogP contribution in [0.4, 0.5) is 0 Å². The van der Waals surface area contributed by atoms with E-state index in [1.165, 1.54) is 11.1 Å². The van der Waals surface area contributed by atoms with E-state index in [0.717, 1.165) is 17.9 Å². The minimum Gasteiger partial charge on any atom is -0.490 e. The van der Waals surface area contributed by atoms with Crippen LogP contribution < -0.4 is 15.2 Å². The van der Waals surface area contributed by atoms with Crippen LogP contribution in [0.25, 0.3) is 0 Å². The van der Waals surface area contributed by atoms with E-state index in [0.29, 0.717) is 6.61 Å². The van der Waals surface area contributed by atoms with E-state index in [4.69, 9.17) is 15.2 Å². The molecule has 1 aliphatic rings. The summed E-state index contributed by atoms with van der Waals surface area (Å²) in [6.45, 7) is 8.79. The molecule has 3 nitrogen and oxygen atoms in total. The fourth-order valence-electron chi connectivity index (χ4n) is 1.98. The number of hydrogen-bond acceptors (Lipinski definition) is 3. The summed E-state index contributed by atoms with van der Waals surface area (Å²) in [5.74, 6) is 1.65. The minimum absolute atomic E-state index is 0.00847. The van der Waals surface area contributed by atoms with Crippen molar-refractivity contribution in [1.29, 1.82) is 0 Å². The molecule has 0 bridgehead atoms. The molecule has 2 rings (SSSR count). The van der Waals surface area contributed by atoms with Crippen molar-refractivity contribution in [3.63, 3.8) is 0 Å². The van der Waals surface area contributed by atoms with Crippen LogP contribution in [0.3, 0.4) is 0 Å². The van der Waals surface area contributed by atoms with Crippen LogP contribution in [0.1, 0.15) is 31.4 Å². The van der Waals surface area contributed by atoms with E-state index in [-0.39, 0.29) is 11.6 Å². The van der Waals surface area contributed by atoms with Gasteiger partial charge in [0.05, 0.1) is 6.61 Å². The van der Waals surface area contributed by atoms with Crippen molar-refractivity contribution >= 4 is 0 Å². The first-order valence-electron chi connectivity index (χ1n) is 6.07. The van der Waals surface area contributed by atoms with E-state index in [1.807, 2.05) is 26.0 Å². The van der Waals surface area contributed by atoms with Gasteiger partial charge in [0.2, 0.25) is 0 Å². The molecule has 17 heavy (non-hydrogen) atoms. The van der Waals surface area contributed by atoms with Crippen molar-refractivity contribution in [2.45, 2.75) is 45.8 Å². The van der Waals surface area contributed by atoms with Crippen molar-refractivity contribution in [2.24, 2.45) is 5.73 Å². The number of benzene rings is 1. The van der Waals surface area contributed by atoms with E-state index in [1.54, 1.807) is 0 Å². The highest BCUT2D eigenvalue weighted by Crippen LogP contribution is 2.35. The van der Waals surface area contributed by atoms with Gasteiger partial charge in [0.15, 0.2) is 11.5 Å². The van der Waals surface area contributed by atoms with Crippen LogP contribution in [0.15, 0.2) is 12.1 Å². The average Bonchev–Trinajstić information content (AvgIpc) is 2.40. The number of ether oxygens (including phenoxy) is 2. The molecule has 0 saturated heterocycles. The molecule has 0 saturated carbocycles. The second-order valence-electron chi connectivity index (χ2n) is 5.45. The van der Waals surface area contributed by atoms with Gasteiger partial charge in [-0.15, -0.1) is 0 Å². The second kappa shape index (κ2) is 4.22. The van der Waals surface area contributed by atoms with Crippen LogP contribution in [0, 0.1) is 13.8 Å². The maximum Gasteiger partial charge on any atom is 0.161 e. The van der Waals surface area contributed by atoms with Gasteiger partial charge in [0, 0.05) is 12.0 Å². The highest BCUT2D eigenvalue weighted by molar-refractivity contribution is 5.47. The molecule has 1 aromatic rings. The Labute approximate surface area is 103 Å². The molecular weight excluding hydrogens is 214 g/mol. The topological polar surface area (TPSA) is 44.5 Å². The molecule has 1 aliphatic heterocycles. The zero-order valence-corrected chi connectivity index (χ0v) is 11.0. The predicted molar refractivity (Wildman–Crippen MR) is 68.7 cm³/mol. The Kier molecular flexibility index (Phi) is 3.04. The summed E-state index contributed by atoms with van der Waals surface area (Å²) in [4.78, 5) is 0. The highest BCUT2D eigenvalue weighted by Gasteiger charge is 2.30. The van der Waals surface area contributed by atoms with Gasteiger partial charge < -0.3 is 15.2 Å². The lowest BCUT2D eigenvalue weighted by atomic mass is 9.96. The maximum atomic E-state index is 6.12. The standard InChI is InChI=1S/C14H21NO2/c1-9-7-11-12(8-10(9)2)17-13(5-6-16-11)14(3,4)15/h7-8,13H,5-6,15H2,1-4H3. The molecule has 2 N–H and O–H groups in total. The maximum absolute atomic E-state index is 6.12. The fraction of sp³-hybridized carbons (Fsp3) is 0.571. The molecular formula is C14H21NO2. The molecule has 1 aromatic carbocycles. The van der Waals surface area contributed by atoms with Crippen molar-refractivity contribution < 1.29 is 9.47 Å². The third-order valence-electron chi connectivity index (χ3n) is 3.30. The summed E-state index contributed by atoms with van der Waals surface area (Å²) in [7, 11) is 0. The quantitative estimate of drug-likeness (QED) is 0.813. The molecule has 0 radical (unpaired) electrons. The molecule has 0 amide bonds. The Balaban J connectivity index is 2.34. The summed E-state index contributed by atoms with van der Waals surface area (Å²) >= 11 is 0. The molecule has 0 spiro atoms. The van der Waals surface area contributed by atoms with Gasteiger partial charge in [-0.2, -0.15) is 0 Å². The van der Waals surface area contributed by atoms with Gasteiger partial charge in [0.1, 0.15) is 6.10 Å². The normalized spacial score (nSPS) is 19.9. The SMILES string of the molecule is Cc1cc2c(cc1C)OC(C(C)(C)N)CCO2. The number of fused-ring (bicyclic) bond motifs is 1. The van der Waals surface area contributed by atoms with Gasteiger partial charge in [-0.3, -0.25) is 0 Å². The second-order valence-corrected chi connectivity index (χ2v) is 5.45. The van der Waals surface area contributed by atoms with Crippen molar-refractivity contribution in [3.05, 3.63) is 23.3 Å². The van der Waals surface area contributed by atoms with Crippen LogP contribution >= 0.6 is 0 Å². The largest absolute Gasteiger partial charge is 0.490 e. The first-order chi connectivity index (χ1) is 7.88. The van der Waals surface area contributed by atoms with Gasteiger partial charge >= 0.3 is 0 Å². The Morgan fingerprint density at radius 3 is 2.35 bits per heavy atom. The van der Waals surface area contributed by atoms with E-state index >= 15 is 0 Å². The predicted octanol–water partition coefficient (Wildman–Crippen LogP) is 2.57. The Hall–Kier alpha value is -1.22. The van der Waals surface area contributed by atoms with Crippen LogP contribution in [0.5, 0.6) is 11.5 Å². The molecule has 0 fully saturated rings. The summed E-state index contributed by atoms with van der Waals surface area (Å²) in [5.41, 5.74) is 8.20. The van der Waals surface area contributed by atoms with Gasteiger partial charge in [-0.05, 0) is 51.0 Å². The van der Waals surface area contributed by atoms with E-state index < -0.39 is 0 Å². The zero-order chi connectivity index (χ0) is 12.6. The van der Waals surface area contributed by atoms with Gasteiger partial charge in [0.25, 0.3) is 0 Å². The van der Waals surface area contributed by atoms with Crippen LogP contribution in [-0.4, -0.2) is 18.2 Å². The van der Waals surface area contributed by atoms with Crippen molar-refractivity contribution in [3.8, 4) is 11.5 Å². The molecule has 1 atom stereocenters. The summed E-state index contributed by atoms with van der Waals surface area (Å²) in [6, 6.07) is 4.07. The molecule has 1 heterocycles. The molecule has 3 heteroatoms. The zero-order valence-electron chi connectivity index (χ0n) is 11.0. The van der Waals surface area contributed by atoms with E-state index in [9.17, 15) is 0 Å². The van der Waals surface area contributed by atoms with Gasteiger partial charge in [-0.25, -0.2) is 0 Å². The van der Waals surface area contributed by atoms with Crippen molar-refractivity contribution in [1.82, 2.24) is 0 Å². The first-order valence-corrected chi connectivity index (χ1v) is 6.07. The van der Waals surface area contributed by atoms with Crippen LogP contribution in [-0.2, 0) is 0 Å².